The molecule has 1 rings (SSSR count). The number of nitrogens with zero attached hydrogens (tertiary/aromatic N) is 2. The van der Waals surface area contributed by atoms with Crippen molar-refractivity contribution in [1.29, 1.82) is 0 Å². The van der Waals surface area contributed by atoms with Crippen molar-refractivity contribution in [2.24, 2.45) is 0 Å². The van der Waals surface area contributed by atoms with Crippen molar-refractivity contribution in [2.75, 3.05) is 7.05 Å². The number of Topliss-reactive ketones (excluding diaryl/α,β-unsaturated/α-hetero) is 1. The summed E-state index contributed by atoms with van der Waals surface area (Å²) in [5, 5.41) is 7.39. The van der Waals surface area contributed by atoms with Gasteiger partial charge in [-0.25, -0.2) is 0 Å². The first-order valence-electron chi connectivity index (χ1n) is 5.87. The number of likely N-dealkylation sites (N-methyl/N-ethyl adjacent to an activating group) is 1. The van der Waals surface area contributed by atoms with Crippen LogP contribution >= 0.6 is 0 Å². The number of hydrogen-bond donors (Lipinski definition) is 1. The molecule has 1 unspecified atom stereocenters. The molecule has 1 N–H and O–H groups in total. The Morgan fingerprint density at radius 3 is 2.75 bits per heavy atom. The van der Waals surface area contributed by atoms with Gasteiger partial charge in [-0.3, -0.25) is 9.48 Å². The van der Waals surface area contributed by atoms with Crippen LogP contribution in [0.3, 0.4) is 0 Å². The summed E-state index contributed by atoms with van der Waals surface area (Å²) in [4.78, 5) is 11.8. The zero-order valence-electron chi connectivity index (χ0n) is 10.6. The fourth-order valence-electron chi connectivity index (χ4n) is 1.60. The van der Waals surface area contributed by atoms with E-state index < -0.39 is 0 Å². The first-order chi connectivity index (χ1) is 7.62. The van der Waals surface area contributed by atoms with Crippen molar-refractivity contribution in [3.8, 4) is 0 Å². The fraction of sp³-hybridized carbons (Fsp3) is 0.667. The molecule has 0 radical (unpaired) electrons. The number of hydrogen-bond acceptors (Lipinski definition) is 3. The Morgan fingerprint density at radius 2 is 2.25 bits per heavy atom. The summed E-state index contributed by atoms with van der Waals surface area (Å²) in [7, 11) is 1.80. The lowest BCUT2D eigenvalue weighted by Gasteiger charge is -2.09. The van der Waals surface area contributed by atoms with Crippen LogP contribution in [0, 0.1) is 0 Å². The molecule has 0 amide bonds. The Bertz CT molecular complexity index is 357. The minimum Gasteiger partial charge on any atom is -0.311 e. The number of aromatic nitrogens is 2. The Balaban J connectivity index is 2.79. The van der Waals surface area contributed by atoms with Crippen molar-refractivity contribution in [3.05, 3.63) is 17.5 Å². The minimum atomic E-state index is -0.0923. The van der Waals surface area contributed by atoms with Crippen LogP contribution in [0.2, 0.25) is 0 Å². The Labute approximate surface area is 97.0 Å². The maximum Gasteiger partial charge on any atom is 0.155 e. The number of aryl methyl sites for hydroxylation is 2. The third kappa shape index (κ3) is 2.92. The quantitative estimate of drug-likeness (QED) is 0.788. The van der Waals surface area contributed by atoms with Gasteiger partial charge in [-0.1, -0.05) is 6.92 Å². The van der Waals surface area contributed by atoms with E-state index in [2.05, 4.69) is 17.3 Å². The van der Waals surface area contributed by atoms with Crippen molar-refractivity contribution in [2.45, 2.75) is 46.2 Å². The van der Waals surface area contributed by atoms with Crippen LogP contribution in [0.15, 0.2) is 6.07 Å². The van der Waals surface area contributed by atoms with Crippen LogP contribution in [-0.4, -0.2) is 28.7 Å². The fourth-order valence-corrected chi connectivity index (χ4v) is 1.60. The van der Waals surface area contributed by atoms with Crippen LogP contribution in [0.4, 0.5) is 0 Å². The second kappa shape index (κ2) is 5.80. The lowest BCUT2D eigenvalue weighted by molar-refractivity contribution is -0.120. The number of nitrogens with one attached hydrogen (secondary N) is 1. The molecule has 1 atom stereocenters. The van der Waals surface area contributed by atoms with Crippen LogP contribution in [0.5, 0.6) is 0 Å². The van der Waals surface area contributed by atoms with Crippen molar-refractivity contribution in [1.82, 2.24) is 15.1 Å². The number of carbonyl (C=O) groups is 1. The summed E-state index contributed by atoms with van der Waals surface area (Å²) in [6.07, 6.45) is 1.37. The monoisotopic (exact) mass is 223 g/mol. The van der Waals surface area contributed by atoms with Gasteiger partial charge < -0.3 is 5.32 Å². The summed E-state index contributed by atoms with van der Waals surface area (Å²) in [6.45, 7) is 6.82. The zero-order valence-corrected chi connectivity index (χ0v) is 10.6. The number of rotatable bonds is 6. The van der Waals surface area contributed by atoms with Gasteiger partial charge in [0.25, 0.3) is 0 Å². The average molecular weight is 223 g/mol. The molecule has 0 aliphatic rings. The molecule has 16 heavy (non-hydrogen) atoms. The molecule has 0 aliphatic heterocycles. The van der Waals surface area contributed by atoms with Crippen LogP contribution < -0.4 is 5.32 Å². The largest absolute Gasteiger partial charge is 0.311 e. The average Bonchev–Trinajstić information content (AvgIpc) is 2.70. The van der Waals surface area contributed by atoms with Crippen molar-refractivity contribution < 1.29 is 4.79 Å². The van der Waals surface area contributed by atoms with E-state index in [-0.39, 0.29) is 11.8 Å². The Hall–Kier alpha value is -1.16. The van der Waals surface area contributed by atoms with E-state index in [1.807, 2.05) is 24.6 Å². The maximum atomic E-state index is 11.8. The van der Waals surface area contributed by atoms with Gasteiger partial charge in [0, 0.05) is 18.7 Å². The highest BCUT2D eigenvalue weighted by Crippen LogP contribution is 2.07. The van der Waals surface area contributed by atoms with E-state index in [1.165, 1.54) is 0 Å². The highest BCUT2D eigenvalue weighted by molar-refractivity contribution is 5.85. The summed E-state index contributed by atoms with van der Waals surface area (Å²) < 4.78 is 1.92. The standard InChI is InChI=1S/C12H21N3O/c1-5-10-7-11(15(6-2)14-10)8-12(16)9(3)13-4/h7,9,13H,5-6,8H2,1-4H3. The van der Waals surface area contributed by atoms with E-state index in [0.717, 1.165) is 24.4 Å². The molecule has 1 aromatic heterocycles. The van der Waals surface area contributed by atoms with Crippen LogP contribution in [0.1, 0.15) is 32.2 Å². The van der Waals surface area contributed by atoms with Crippen molar-refractivity contribution >= 4 is 5.78 Å². The molecule has 0 aromatic carbocycles. The molecule has 0 aliphatic carbocycles. The van der Waals surface area contributed by atoms with Gasteiger partial charge in [0.05, 0.1) is 11.7 Å². The highest BCUT2D eigenvalue weighted by Gasteiger charge is 2.14. The highest BCUT2D eigenvalue weighted by atomic mass is 16.1. The first-order valence-corrected chi connectivity index (χ1v) is 5.87. The predicted molar refractivity (Wildman–Crippen MR) is 64.5 cm³/mol. The summed E-state index contributed by atoms with van der Waals surface area (Å²) in [5.41, 5.74) is 2.08. The van der Waals surface area contributed by atoms with E-state index >= 15 is 0 Å². The molecule has 4 nitrogen and oxygen atoms in total. The molecule has 0 fully saturated rings. The van der Waals surface area contributed by atoms with Crippen molar-refractivity contribution in [3.63, 3.8) is 0 Å². The van der Waals surface area contributed by atoms with Gasteiger partial charge in [0.15, 0.2) is 5.78 Å². The molecule has 0 spiro atoms. The molecule has 0 bridgehead atoms. The van der Waals surface area contributed by atoms with Crippen LogP contribution in [0.25, 0.3) is 0 Å². The summed E-state index contributed by atoms with van der Waals surface area (Å²) in [5.74, 6) is 0.208. The second-order valence-electron chi connectivity index (χ2n) is 3.95. The topological polar surface area (TPSA) is 46.9 Å². The minimum absolute atomic E-state index is 0.0923. The maximum absolute atomic E-state index is 11.8. The Morgan fingerprint density at radius 1 is 1.56 bits per heavy atom. The van der Waals surface area contributed by atoms with E-state index in [0.29, 0.717) is 6.42 Å². The lowest BCUT2D eigenvalue weighted by atomic mass is 10.1. The predicted octanol–water partition coefficient (Wildman–Crippen LogP) is 1.18. The van der Waals surface area contributed by atoms with E-state index in [9.17, 15) is 4.79 Å². The summed E-state index contributed by atoms with van der Waals surface area (Å²) >= 11 is 0. The molecule has 1 aromatic rings. The van der Waals surface area contributed by atoms with E-state index in [4.69, 9.17) is 0 Å². The van der Waals surface area contributed by atoms with E-state index in [1.54, 1.807) is 7.05 Å². The molecular formula is C12H21N3O. The lowest BCUT2D eigenvalue weighted by Crippen LogP contribution is -2.32. The second-order valence-corrected chi connectivity index (χ2v) is 3.95. The molecule has 0 saturated heterocycles. The molecule has 0 saturated carbocycles. The third-order valence-electron chi connectivity index (χ3n) is 2.85. The SMILES string of the molecule is CCc1cc(CC(=O)C(C)NC)n(CC)n1. The molecule has 90 valence electrons. The smallest absolute Gasteiger partial charge is 0.155 e. The van der Waals surface area contributed by atoms with Gasteiger partial charge in [-0.05, 0) is 33.4 Å². The van der Waals surface area contributed by atoms with Crippen LogP contribution in [-0.2, 0) is 24.2 Å². The Kier molecular flexibility index (Phi) is 4.68. The molecule has 4 heteroatoms. The zero-order chi connectivity index (χ0) is 12.1. The summed E-state index contributed by atoms with van der Waals surface area (Å²) in [6, 6.07) is 1.94. The van der Waals surface area contributed by atoms with Gasteiger partial charge >= 0.3 is 0 Å². The number of carbonyl (C=O) groups excluding carboxylic acids is 1. The molecule has 1 heterocycles. The van der Waals surface area contributed by atoms with Gasteiger partial charge in [0.1, 0.15) is 0 Å². The van der Waals surface area contributed by atoms with Gasteiger partial charge in [-0.15, -0.1) is 0 Å². The molecular weight excluding hydrogens is 202 g/mol. The number of ketones is 1. The van der Waals surface area contributed by atoms with Gasteiger partial charge in [0.2, 0.25) is 0 Å². The normalized spacial score (nSPS) is 12.8. The first kappa shape index (κ1) is 12.9. The third-order valence-corrected chi connectivity index (χ3v) is 2.85. The van der Waals surface area contributed by atoms with Gasteiger partial charge in [-0.2, -0.15) is 5.10 Å².